The van der Waals surface area contributed by atoms with E-state index in [9.17, 15) is 9.59 Å². The van der Waals surface area contributed by atoms with Crippen LogP contribution in [0.3, 0.4) is 0 Å². The average molecular weight is 343 g/mol. The van der Waals surface area contributed by atoms with Gasteiger partial charge in [-0.05, 0) is 45.7 Å². The fraction of sp³-hybridized carbons (Fsp3) is 0.600. The number of carbonyl (C=O) groups is 2. The van der Waals surface area contributed by atoms with Crippen LogP contribution in [0, 0.1) is 5.92 Å². The zero-order chi connectivity index (χ0) is 18.0. The molecule has 1 N–H and O–H groups in total. The van der Waals surface area contributed by atoms with Gasteiger partial charge in [0.05, 0.1) is 5.92 Å². The van der Waals surface area contributed by atoms with Crippen molar-refractivity contribution >= 4 is 17.5 Å². The SMILES string of the molecule is CC(C)(C)N1C[C@@H](C(=O)NC2CCN(c3ccccc3)CC2)CC1=O. The van der Waals surface area contributed by atoms with Crippen molar-refractivity contribution in [3.63, 3.8) is 0 Å². The molecule has 0 saturated carbocycles. The first-order chi connectivity index (χ1) is 11.8. The van der Waals surface area contributed by atoms with Gasteiger partial charge in [0.2, 0.25) is 11.8 Å². The largest absolute Gasteiger partial charge is 0.371 e. The van der Waals surface area contributed by atoms with Gasteiger partial charge in [-0.25, -0.2) is 0 Å². The Kier molecular flexibility index (Phi) is 5.02. The highest BCUT2D eigenvalue weighted by molar-refractivity contribution is 5.89. The van der Waals surface area contributed by atoms with Gasteiger partial charge < -0.3 is 15.1 Å². The quantitative estimate of drug-likeness (QED) is 0.917. The molecule has 0 unspecified atom stereocenters. The number of rotatable bonds is 3. The minimum atomic E-state index is -0.215. The molecule has 0 aliphatic carbocycles. The number of likely N-dealkylation sites (tertiary alicyclic amines) is 1. The van der Waals surface area contributed by atoms with Crippen LogP contribution in [-0.2, 0) is 9.59 Å². The van der Waals surface area contributed by atoms with Gasteiger partial charge in [-0.3, -0.25) is 9.59 Å². The summed E-state index contributed by atoms with van der Waals surface area (Å²) >= 11 is 0. The van der Waals surface area contributed by atoms with E-state index in [1.165, 1.54) is 5.69 Å². The van der Waals surface area contributed by atoms with Crippen LogP contribution in [-0.4, -0.2) is 47.9 Å². The summed E-state index contributed by atoms with van der Waals surface area (Å²) in [7, 11) is 0. The van der Waals surface area contributed by atoms with Gasteiger partial charge in [0.1, 0.15) is 0 Å². The van der Waals surface area contributed by atoms with Gasteiger partial charge in [0.25, 0.3) is 0 Å². The predicted octanol–water partition coefficient (Wildman–Crippen LogP) is 2.42. The van der Waals surface area contributed by atoms with Crippen LogP contribution in [0.5, 0.6) is 0 Å². The van der Waals surface area contributed by atoms with E-state index in [1.54, 1.807) is 0 Å². The first-order valence-electron chi connectivity index (χ1n) is 9.25. The third-order valence-electron chi connectivity index (χ3n) is 5.27. The molecular weight excluding hydrogens is 314 g/mol. The number of benzene rings is 1. The Morgan fingerprint density at radius 3 is 2.32 bits per heavy atom. The Morgan fingerprint density at radius 2 is 1.76 bits per heavy atom. The standard InChI is InChI=1S/C20H29N3O2/c1-20(2,3)23-14-15(13-18(23)24)19(25)21-16-9-11-22(12-10-16)17-7-5-4-6-8-17/h4-8,15-16H,9-14H2,1-3H3,(H,21,25)/t15-/m0/s1. The molecule has 2 fully saturated rings. The normalized spacial score (nSPS) is 22.4. The molecule has 136 valence electrons. The number of nitrogens with zero attached hydrogens (tertiary/aromatic N) is 2. The van der Waals surface area contributed by atoms with E-state index in [2.05, 4.69) is 34.5 Å². The van der Waals surface area contributed by atoms with Crippen molar-refractivity contribution in [1.29, 1.82) is 0 Å². The highest BCUT2D eigenvalue weighted by Gasteiger charge is 2.39. The molecule has 5 nitrogen and oxygen atoms in total. The summed E-state index contributed by atoms with van der Waals surface area (Å²) in [5.41, 5.74) is 1.03. The van der Waals surface area contributed by atoms with Crippen LogP contribution < -0.4 is 10.2 Å². The second kappa shape index (κ2) is 7.06. The van der Waals surface area contributed by atoms with Crippen molar-refractivity contribution in [2.24, 2.45) is 5.92 Å². The second-order valence-corrected chi connectivity index (χ2v) is 8.18. The van der Waals surface area contributed by atoms with E-state index in [-0.39, 0.29) is 29.3 Å². The average Bonchev–Trinajstić information content (AvgIpc) is 2.99. The molecule has 1 aromatic carbocycles. The number of piperidine rings is 1. The highest BCUT2D eigenvalue weighted by atomic mass is 16.2. The van der Waals surface area contributed by atoms with E-state index in [0.29, 0.717) is 13.0 Å². The lowest BCUT2D eigenvalue weighted by atomic mass is 10.0. The minimum absolute atomic E-state index is 0.0401. The Balaban J connectivity index is 1.49. The van der Waals surface area contributed by atoms with Crippen LogP contribution in [0.1, 0.15) is 40.0 Å². The number of carbonyl (C=O) groups excluding carboxylic acids is 2. The van der Waals surface area contributed by atoms with Crippen LogP contribution in [0.15, 0.2) is 30.3 Å². The number of para-hydroxylation sites is 1. The molecule has 25 heavy (non-hydrogen) atoms. The Hall–Kier alpha value is -2.04. The van der Waals surface area contributed by atoms with Crippen molar-refractivity contribution in [2.75, 3.05) is 24.5 Å². The van der Waals surface area contributed by atoms with E-state index in [0.717, 1.165) is 25.9 Å². The van der Waals surface area contributed by atoms with Crippen LogP contribution >= 0.6 is 0 Å². The van der Waals surface area contributed by atoms with Gasteiger partial charge in [-0.1, -0.05) is 18.2 Å². The third-order valence-corrected chi connectivity index (χ3v) is 5.27. The summed E-state index contributed by atoms with van der Waals surface area (Å²) in [6, 6.07) is 10.6. The van der Waals surface area contributed by atoms with Gasteiger partial charge in [0.15, 0.2) is 0 Å². The van der Waals surface area contributed by atoms with Gasteiger partial charge in [-0.2, -0.15) is 0 Å². The Bertz CT molecular complexity index is 616. The molecule has 0 bridgehead atoms. The molecule has 1 atom stereocenters. The summed E-state index contributed by atoms with van der Waals surface area (Å²) in [4.78, 5) is 28.9. The van der Waals surface area contributed by atoms with Crippen LogP contribution in [0.25, 0.3) is 0 Å². The molecule has 2 saturated heterocycles. The molecule has 0 spiro atoms. The minimum Gasteiger partial charge on any atom is -0.371 e. The smallest absolute Gasteiger partial charge is 0.225 e. The number of hydrogen-bond acceptors (Lipinski definition) is 3. The first kappa shape index (κ1) is 17.8. The summed E-state index contributed by atoms with van der Waals surface area (Å²) in [5, 5.41) is 3.18. The Labute approximate surface area is 150 Å². The van der Waals surface area contributed by atoms with Crippen molar-refractivity contribution < 1.29 is 9.59 Å². The number of amides is 2. The van der Waals surface area contributed by atoms with Crippen LogP contribution in [0.4, 0.5) is 5.69 Å². The second-order valence-electron chi connectivity index (χ2n) is 8.18. The maximum absolute atomic E-state index is 12.6. The van der Waals surface area contributed by atoms with Gasteiger partial charge in [0, 0.05) is 43.3 Å². The summed E-state index contributed by atoms with van der Waals surface area (Å²) in [6.45, 7) is 8.50. The highest BCUT2D eigenvalue weighted by Crippen LogP contribution is 2.26. The van der Waals surface area contributed by atoms with E-state index in [1.807, 2.05) is 31.7 Å². The van der Waals surface area contributed by atoms with Gasteiger partial charge in [-0.15, -0.1) is 0 Å². The van der Waals surface area contributed by atoms with E-state index in [4.69, 9.17) is 0 Å². The van der Waals surface area contributed by atoms with Crippen molar-refractivity contribution in [3.05, 3.63) is 30.3 Å². The number of hydrogen-bond donors (Lipinski definition) is 1. The lowest BCUT2D eigenvalue weighted by Crippen LogP contribution is -2.47. The molecule has 5 heteroatoms. The lowest BCUT2D eigenvalue weighted by Gasteiger charge is -2.34. The maximum atomic E-state index is 12.6. The third kappa shape index (κ3) is 4.14. The summed E-state index contributed by atoms with van der Waals surface area (Å²) < 4.78 is 0. The molecule has 2 aliphatic rings. The molecule has 0 radical (unpaired) electrons. The number of nitrogens with one attached hydrogen (secondary N) is 1. The molecule has 2 amide bonds. The molecule has 2 aliphatic heterocycles. The molecule has 2 heterocycles. The number of anilines is 1. The zero-order valence-electron chi connectivity index (χ0n) is 15.5. The fourth-order valence-electron chi connectivity index (χ4n) is 3.77. The van der Waals surface area contributed by atoms with E-state index >= 15 is 0 Å². The van der Waals surface area contributed by atoms with Gasteiger partial charge >= 0.3 is 0 Å². The summed E-state index contributed by atoms with van der Waals surface area (Å²) in [5.74, 6) is -0.0799. The first-order valence-corrected chi connectivity index (χ1v) is 9.25. The maximum Gasteiger partial charge on any atom is 0.225 e. The lowest BCUT2D eigenvalue weighted by molar-refractivity contribution is -0.132. The molecule has 0 aromatic heterocycles. The predicted molar refractivity (Wildman–Crippen MR) is 99.4 cm³/mol. The monoisotopic (exact) mass is 343 g/mol. The van der Waals surface area contributed by atoms with Crippen LogP contribution in [0.2, 0.25) is 0 Å². The van der Waals surface area contributed by atoms with Crippen molar-refractivity contribution in [1.82, 2.24) is 10.2 Å². The summed E-state index contributed by atoms with van der Waals surface area (Å²) in [6.07, 6.45) is 2.24. The molecule has 3 rings (SSSR count). The Morgan fingerprint density at radius 1 is 1.12 bits per heavy atom. The fourth-order valence-corrected chi connectivity index (χ4v) is 3.77. The zero-order valence-corrected chi connectivity index (χ0v) is 15.5. The van der Waals surface area contributed by atoms with Crippen molar-refractivity contribution in [2.45, 2.75) is 51.6 Å². The molecule has 1 aromatic rings. The van der Waals surface area contributed by atoms with E-state index < -0.39 is 0 Å². The van der Waals surface area contributed by atoms with Crippen molar-refractivity contribution in [3.8, 4) is 0 Å². The topological polar surface area (TPSA) is 52.7 Å². The molecular formula is C20H29N3O2.